The standard InChI is InChI=1S/C12H15ClN6O4S/c1-12(15-17-18-16-12)14-11(20)7-5-6-8(24(4,21)22)10(9(7)13)19(2)23-3/h5-6H,1-4H3,(H,14,20). The van der Waals surface area contributed by atoms with Gasteiger partial charge < -0.3 is 5.32 Å². The molecule has 130 valence electrons. The third kappa shape index (κ3) is 3.52. The van der Waals surface area contributed by atoms with Crippen molar-refractivity contribution in [2.24, 2.45) is 20.7 Å². The Morgan fingerprint density at radius 1 is 1.33 bits per heavy atom. The summed E-state index contributed by atoms with van der Waals surface area (Å²) in [4.78, 5) is 17.4. The number of hydrogen-bond donors (Lipinski definition) is 1. The fourth-order valence-electron chi connectivity index (χ4n) is 1.97. The van der Waals surface area contributed by atoms with Gasteiger partial charge in [0.15, 0.2) is 9.84 Å². The Balaban J connectivity index is 2.51. The van der Waals surface area contributed by atoms with Gasteiger partial charge in [0.2, 0.25) is 0 Å². The van der Waals surface area contributed by atoms with Gasteiger partial charge in [-0.05, 0) is 22.6 Å². The van der Waals surface area contributed by atoms with E-state index in [2.05, 4.69) is 26.0 Å². The minimum absolute atomic E-state index is 0.0292. The zero-order valence-corrected chi connectivity index (χ0v) is 14.9. The van der Waals surface area contributed by atoms with Gasteiger partial charge in [-0.2, -0.15) is 0 Å². The van der Waals surface area contributed by atoms with Crippen molar-refractivity contribution in [1.29, 1.82) is 0 Å². The minimum Gasteiger partial charge on any atom is -0.307 e. The molecule has 1 amide bonds. The van der Waals surface area contributed by atoms with Gasteiger partial charge in [0.1, 0.15) is 5.69 Å². The molecule has 24 heavy (non-hydrogen) atoms. The molecule has 0 saturated heterocycles. The Hall–Kier alpha value is -2.11. The summed E-state index contributed by atoms with van der Waals surface area (Å²) in [5.41, 5.74) is 0.0793. The molecule has 0 unspecified atom stereocenters. The van der Waals surface area contributed by atoms with Gasteiger partial charge in [0.25, 0.3) is 11.7 Å². The third-order valence-corrected chi connectivity index (χ3v) is 4.69. The molecule has 1 heterocycles. The molecular weight excluding hydrogens is 360 g/mol. The number of halogens is 1. The fraction of sp³-hybridized carbons (Fsp3) is 0.417. The van der Waals surface area contributed by atoms with E-state index in [4.69, 9.17) is 16.4 Å². The Kier molecular flexibility index (Phi) is 4.87. The number of nitrogens with zero attached hydrogens (tertiary/aromatic N) is 5. The van der Waals surface area contributed by atoms with Crippen LogP contribution in [0.1, 0.15) is 17.3 Å². The van der Waals surface area contributed by atoms with E-state index in [0.717, 1.165) is 11.3 Å². The Bertz CT molecular complexity index is 826. The first-order valence-corrected chi connectivity index (χ1v) is 8.83. The maximum Gasteiger partial charge on any atom is 0.266 e. The molecule has 0 atom stereocenters. The number of sulfone groups is 1. The van der Waals surface area contributed by atoms with Crippen LogP contribution < -0.4 is 10.4 Å². The van der Waals surface area contributed by atoms with Crippen LogP contribution in [0.3, 0.4) is 0 Å². The van der Waals surface area contributed by atoms with E-state index in [-0.39, 0.29) is 21.2 Å². The zero-order valence-electron chi connectivity index (χ0n) is 13.3. The van der Waals surface area contributed by atoms with E-state index in [1.165, 1.54) is 33.2 Å². The molecule has 0 bridgehead atoms. The smallest absolute Gasteiger partial charge is 0.266 e. The van der Waals surface area contributed by atoms with E-state index in [1.54, 1.807) is 0 Å². The first-order valence-electron chi connectivity index (χ1n) is 6.56. The van der Waals surface area contributed by atoms with Crippen LogP contribution in [0.5, 0.6) is 0 Å². The van der Waals surface area contributed by atoms with Crippen molar-refractivity contribution < 1.29 is 18.0 Å². The summed E-state index contributed by atoms with van der Waals surface area (Å²) in [6, 6.07) is 2.58. The number of carbonyl (C=O) groups is 1. The number of amides is 1. The van der Waals surface area contributed by atoms with Crippen LogP contribution in [0.4, 0.5) is 5.69 Å². The van der Waals surface area contributed by atoms with Crippen LogP contribution in [0.25, 0.3) is 0 Å². The highest BCUT2D eigenvalue weighted by atomic mass is 35.5. The molecule has 10 nitrogen and oxygen atoms in total. The monoisotopic (exact) mass is 374 g/mol. The number of carbonyl (C=O) groups excluding carboxylic acids is 1. The molecule has 0 radical (unpaired) electrons. The molecule has 0 saturated carbocycles. The van der Waals surface area contributed by atoms with Crippen LogP contribution >= 0.6 is 11.6 Å². The summed E-state index contributed by atoms with van der Waals surface area (Å²) >= 11 is 6.26. The summed E-state index contributed by atoms with van der Waals surface area (Å²) in [5.74, 6) is -1.95. The van der Waals surface area contributed by atoms with Gasteiger partial charge in [-0.25, -0.2) is 8.42 Å². The molecule has 2 rings (SSSR count). The second-order valence-electron chi connectivity index (χ2n) is 5.08. The first-order chi connectivity index (χ1) is 11.1. The quantitative estimate of drug-likeness (QED) is 0.788. The second kappa shape index (κ2) is 6.42. The van der Waals surface area contributed by atoms with E-state index >= 15 is 0 Å². The van der Waals surface area contributed by atoms with Gasteiger partial charge in [0, 0.05) is 20.2 Å². The lowest BCUT2D eigenvalue weighted by molar-refractivity contribution is 0.0911. The van der Waals surface area contributed by atoms with Gasteiger partial charge in [-0.1, -0.05) is 11.6 Å². The highest BCUT2D eigenvalue weighted by molar-refractivity contribution is 7.90. The summed E-state index contributed by atoms with van der Waals surface area (Å²) in [7, 11) is -0.780. The summed E-state index contributed by atoms with van der Waals surface area (Å²) in [6.07, 6.45) is 1.03. The van der Waals surface area contributed by atoms with Crippen molar-refractivity contribution in [3.8, 4) is 0 Å². The van der Waals surface area contributed by atoms with Crippen molar-refractivity contribution in [2.45, 2.75) is 17.6 Å². The fourth-order valence-corrected chi connectivity index (χ4v) is 3.30. The first kappa shape index (κ1) is 18.2. The number of anilines is 1. The highest BCUT2D eigenvalue weighted by Gasteiger charge is 2.31. The van der Waals surface area contributed by atoms with E-state index in [1.807, 2.05) is 0 Å². The lowest BCUT2D eigenvalue weighted by Crippen LogP contribution is -2.41. The average molecular weight is 375 g/mol. The number of rotatable bonds is 5. The number of nitrogens with one attached hydrogen (secondary N) is 1. The predicted octanol–water partition coefficient (Wildman–Crippen LogP) is 1.98. The van der Waals surface area contributed by atoms with Gasteiger partial charge in [-0.15, -0.1) is 10.2 Å². The topological polar surface area (TPSA) is 125 Å². The van der Waals surface area contributed by atoms with Crippen LogP contribution in [0.15, 0.2) is 37.7 Å². The van der Waals surface area contributed by atoms with Crippen LogP contribution in [0.2, 0.25) is 5.02 Å². The van der Waals surface area contributed by atoms with Gasteiger partial charge in [0.05, 0.1) is 22.6 Å². The molecule has 1 aliphatic rings. The van der Waals surface area contributed by atoms with Crippen molar-refractivity contribution in [2.75, 3.05) is 25.5 Å². The van der Waals surface area contributed by atoms with E-state index in [0.29, 0.717) is 0 Å². The molecule has 0 aliphatic carbocycles. The second-order valence-corrected chi connectivity index (χ2v) is 7.44. The SMILES string of the molecule is CON(C)c1c(S(C)(=O)=O)ccc(C(=O)NC2(C)N=NN=N2)c1Cl. The highest BCUT2D eigenvalue weighted by Crippen LogP contribution is 2.35. The molecule has 1 aliphatic heterocycles. The number of benzene rings is 1. The van der Waals surface area contributed by atoms with Crippen LogP contribution in [-0.2, 0) is 14.7 Å². The van der Waals surface area contributed by atoms with Crippen molar-refractivity contribution >= 4 is 33.0 Å². The molecule has 12 heteroatoms. The van der Waals surface area contributed by atoms with Crippen LogP contribution in [-0.4, -0.2) is 40.5 Å². The Labute approximate surface area is 143 Å². The van der Waals surface area contributed by atoms with Gasteiger partial charge >= 0.3 is 0 Å². The zero-order chi connectivity index (χ0) is 18.1. The molecule has 1 aromatic carbocycles. The minimum atomic E-state index is -3.59. The van der Waals surface area contributed by atoms with Crippen molar-refractivity contribution in [3.63, 3.8) is 0 Å². The molecule has 0 spiro atoms. The lowest BCUT2D eigenvalue weighted by Gasteiger charge is -2.22. The molecule has 0 aromatic heterocycles. The van der Waals surface area contributed by atoms with Gasteiger partial charge in [-0.3, -0.25) is 14.7 Å². The molecule has 1 aromatic rings. The normalized spacial score (nSPS) is 15.5. The van der Waals surface area contributed by atoms with Crippen LogP contribution in [0, 0.1) is 0 Å². The van der Waals surface area contributed by atoms with Crippen molar-refractivity contribution in [1.82, 2.24) is 5.32 Å². The Morgan fingerprint density at radius 3 is 2.42 bits per heavy atom. The summed E-state index contributed by atoms with van der Waals surface area (Å²) in [6.45, 7) is 1.49. The largest absolute Gasteiger partial charge is 0.307 e. The van der Waals surface area contributed by atoms with E-state index < -0.39 is 21.5 Å². The third-order valence-electron chi connectivity index (χ3n) is 3.18. The molecule has 1 N–H and O–H groups in total. The lowest BCUT2D eigenvalue weighted by atomic mass is 10.1. The predicted molar refractivity (Wildman–Crippen MR) is 85.6 cm³/mol. The maximum absolute atomic E-state index is 12.4. The Morgan fingerprint density at radius 2 is 1.92 bits per heavy atom. The van der Waals surface area contributed by atoms with Crippen molar-refractivity contribution in [3.05, 3.63) is 22.7 Å². The van der Waals surface area contributed by atoms with E-state index in [9.17, 15) is 13.2 Å². The summed E-state index contributed by atoms with van der Waals surface area (Å²) in [5, 5.41) is 17.6. The summed E-state index contributed by atoms with van der Waals surface area (Å²) < 4.78 is 23.9. The molecular formula is C12H15ClN6O4S. The number of hydroxylamine groups is 1. The maximum atomic E-state index is 12.4. The average Bonchev–Trinajstić information content (AvgIpc) is 2.91. The molecule has 0 fully saturated rings. The number of hydrogen-bond acceptors (Lipinski definition) is 9.